The normalized spacial score (nSPS) is 17.2. The summed E-state index contributed by atoms with van der Waals surface area (Å²) < 4.78 is 38.9. The first-order valence-electron chi connectivity index (χ1n) is 12.1. The fourth-order valence-corrected chi connectivity index (χ4v) is 3.85. The Morgan fingerprint density at radius 1 is 0.944 bits per heavy atom. The number of halogens is 3. The van der Waals surface area contributed by atoms with Gasteiger partial charge in [-0.05, 0) is 49.9 Å². The lowest BCUT2D eigenvalue weighted by Crippen LogP contribution is -2.17. The van der Waals surface area contributed by atoms with E-state index in [2.05, 4.69) is 28.6 Å². The van der Waals surface area contributed by atoms with E-state index < -0.39 is 6.36 Å². The maximum Gasteiger partial charge on any atom is 0.573 e. The van der Waals surface area contributed by atoms with Crippen molar-refractivity contribution in [3.05, 3.63) is 59.9 Å². The highest BCUT2D eigenvalue weighted by Gasteiger charge is 2.31. The number of alkyl halides is 3. The topological polar surface area (TPSA) is 55.3 Å². The van der Waals surface area contributed by atoms with Crippen LogP contribution in [0.1, 0.15) is 62.6 Å². The van der Waals surface area contributed by atoms with Crippen LogP contribution in [0.5, 0.6) is 5.75 Å². The number of rotatable bonds is 3. The van der Waals surface area contributed by atoms with E-state index >= 15 is 0 Å². The largest absolute Gasteiger partial charge is 0.573 e. The third-order valence-corrected chi connectivity index (χ3v) is 5.90. The number of ether oxygens (including phenoxy) is 1. The Balaban J connectivity index is 0.000000198. The van der Waals surface area contributed by atoms with Gasteiger partial charge in [-0.15, -0.1) is 13.2 Å². The molecule has 1 aliphatic carbocycles. The van der Waals surface area contributed by atoms with Gasteiger partial charge >= 0.3 is 6.36 Å². The van der Waals surface area contributed by atoms with Gasteiger partial charge in [0.2, 0.25) is 0 Å². The van der Waals surface area contributed by atoms with Crippen LogP contribution in [0.2, 0.25) is 0 Å². The molecular weight excluding hydrogens is 467 g/mol. The van der Waals surface area contributed by atoms with Crippen molar-refractivity contribution < 1.29 is 22.7 Å². The third kappa shape index (κ3) is 9.84. The van der Waals surface area contributed by atoms with E-state index in [9.17, 15) is 18.0 Å². The highest BCUT2D eigenvalue weighted by Crippen LogP contribution is 2.27. The minimum absolute atomic E-state index is 0.187. The van der Waals surface area contributed by atoms with Crippen molar-refractivity contribution in [3.8, 4) is 5.75 Å². The Labute approximate surface area is 211 Å². The summed E-state index contributed by atoms with van der Waals surface area (Å²) in [6, 6.07) is 13.0. The molecule has 0 radical (unpaired) electrons. The summed E-state index contributed by atoms with van der Waals surface area (Å²) >= 11 is 0. The Kier molecular flexibility index (Phi) is 10.7. The number of anilines is 1. The van der Waals surface area contributed by atoms with Gasteiger partial charge in [0.15, 0.2) is 5.78 Å². The highest BCUT2D eigenvalue weighted by atomic mass is 19.4. The quantitative estimate of drug-likeness (QED) is 0.344. The second kappa shape index (κ2) is 13.2. The van der Waals surface area contributed by atoms with Gasteiger partial charge in [0.25, 0.3) is 0 Å². The van der Waals surface area contributed by atoms with Gasteiger partial charge in [-0.3, -0.25) is 4.79 Å². The first-order chi connectivity index (χ1) is 16.9. The molecule has 1 heterocycles. The molecule has 4 rings (SSSR count). The summed E-state index contributed by atoms with van der Waals surface area (Å²) in [4.78, 5) is 21.6. The number of nitrogens with zero attached hydrogens (tertiary/aromatic N) is 3. The lowest BCUT2D eigenvalue weighted by Gasteiger charge is -2.22. The van der Waals surface area contributed by atoms with E-state index in [0.29, 0.717) is 0 Å². The summed E-state index contributed by atoms with van der Waals surface area (Å²) in [5, 5.41) is 1.10. The maximum absolute atomic E-state index is 11.8. The molecule has 1 fully saturated rings. The van der Waals surface area contributed by atoms with Crippen LogP contribution in [-0.4, -0.2) is 36.2 Å². The van der Waals surface area contributed by atoms with E-state index in [0.717, 1.165) is 46.5 Å². The Morgan fingerprint density at radius 2 is 1.53 bits per heavy atom. The van der Waals surface area contributed by atoms with Crippen molar-refractivity contribution in [2.75, 3.05) is 19.0 Å². The molecule has 0 unspecified atom stereocenters. The summed E-state index contributed by atoms with van der Waals surface area (Å²) in [6.07, 6.45) is 1.17. The van der Waals surface area contributed by atoms with Crippen LogP contribution in [0.4, 0.5) is 19.0 Å². The molecule has 0 aliphatic heterocycles. The fourth-order valence-electron chi connectivity index (χ4n) is 3.85. The van der Waals surface area contributed by atoms with Gasteiger partial charge in [-0.2, -0.15) is 0 Å². The van der Waals surface area contributed by atoms with Crippen LogP contribution in [0.15, 0.2) is 48.5 Å². The number of benzene rings is 2. The molecule has 1 saturated carbocycles. The molecule has 1 aliphatic rings. The van der Waals surface area contributed by atoms with E-state index in [1.807, 2.05) is 50.2 Å². The smallest absolute Gasteiger partial charge is 0.406 e. The first kappa shape index (κ1) is 29.1. The SMILES string of the molecule is CC(=O)c1cccc(OC(F)(F)F)c1.CC1CCC(C)CC1.Cc1nc(N(C)C)c2ccccc2n1. The molecule has 3 aromatic rings. The molecule has 0 bridgehead atoms. The fraction of sp³-hybridized carbons (Fsp3) is 0.464. The Hall–Kier alpha value is -3.16. The van der Waals surface area contributed by atoms with Crippen LogP contribution in [-0.2, 0) is 0 Å². The summed E-state index contributed by atoms with van der Waals surface area (Å²) in [6.45, 7) is 7.92. The zero-order valence-corrected chi connectivity index (χ0v) is 21.9. The molecule has 5 nitrogen and oxygen atoms in total. The number of aromatic nitrogens is 2. The number of carbonyl (C=O) groups is 1. The zero-order valence-electron chi connectivity index (χ0n) is 21.9. The number of hydrogen-bond acceptors (Lipinski definition) is 5. The predicted molar refractivity (Wildman–Crippen MR) is 139 cm³/mol. The van der Waals surface area contributed by atoms with E-state index in [1.54, 1.807) is 0 Å². The van der Waals surface area contributed by atoms with Crippen molar-refractivity contribution in [2.24, 2.45) is 11.8 Å². The van der Waals surface area contributed by atoms with Crippen LogP contribution in [0, 0.1) is 18.8 Å². The maximum atomic E-state index is 11.8. The second-order valence-electron chi connectivity index (χ2n) is 9.50. The minimum Gasteiger partial charge on any atom is -0.406 e. The molecular formula is C28H36F3N3O2. The van der Waals surface area contributed by atoms with Crippen molar-refractivity contribution >= 4 is 22.5 Å². The number of ketones is 1. The number of carbonyl (C=O) groups excluding carboxylic acids is 1. The van der Waals surface area contributed by atoms with Gasteiger partial charge in [-0.1, -0.05) is 63.8 Å². The molecule has 196 valence electrons. The molecule has 0 amide bonds. The van der Waals surface area contributed by atoms with Crippen molar-refractivity contribution in [1.82, 2.24) is 9.97 Å². The van der Waals surface area contributed by atoms with Crippen LogP contribution >= 0.6 is 0 Å². The second-order valence-corrected chi connectivity index (χ2v) is 9.50. The summed E-state index contributed by atoms with van der Waals surface area (Å²) in [7, 11) is 3.99. The van der Waals surface area contributed by atoms with Crippen molar-refractivity contribution in [2.45, 2.75) is 59.7 Å². The van der Waals surface area contributed by atoms with Gasteiger partial charge < -0.3 is 9.64 Å². The Bertz CT molecular complexity index is 1110. The third-order valence-electron chi connectivity index (χ3n) is 5.90. The molecule has 1 aromatic heterocycles. The van der Waals surface area contributed by atoms with Crippen molar-refractivity contribution in [1.29, 1.82) is 0 Å². The van der Waals surface area contributed by atoms with Crippen molar-refractivity contribution in [3.63, 3.8) is 0 Å². The number of aryl methyl sites for hydroxylation is 1. The minimum atomic E-state index is -4.73. The Morgan fingerprint density at radius 3 is 2.06 bits per heavy atom. The average molecular weight is 504 g/mol. The molecule has 0 N–H and O–H groups in total. The lowest BCUT2D eigenvalue weighted by molar-refractivity contribution is -0.274. The monoisotopic (exact) mass is 503 g/mol. The molecule has 8 heteroatoms. The molecule has 2 aromatic carbocycles. The standard InChI is InChI=1S/C11H13N3.C9H7F3O2.C8H16/c1-8-12-10-7-5-4-6-9(10)11(13-8)14(2)3;1-6(13)7-3-2-4-8(5-7)14-9(10,11)12;1-7-3-5-8(2)6-4-7/h4-7H,1-3H3;2-5H,1H3;7-8H,3-6H2,1-2H3. The van der Waals surface area contributed by atoms with E-state index in [1.165, 1.54) is 44.7 Å². The number of para-hydroxylation sites is 1. The van der Waals surface area contributed by atoms with Crippen LogP contribution < -0.4 is 9.64 Å². The van der Waals surface area contributed by atoms with Gasteiger partial charge in [0.05, 0.1) is 5.52 Å². The number of Topliss-reactive ketones (excluding diaryl/α,β-unsaturated/α-hetero) is 1. The molecule has 36 heavy (non-hydrogen) atoms. The summed E-state index contributed by atoms with van der Waals surface area (Å²) in [5.74, 6) is 3.14. The average Bonchev–Trinajstić information content (AvgIpc) is 2.80. The summed E-state index contributed by atoms with van der Waals surface area (Å²) in [5.41, 5.74) is 1.19. The van der Waals surface area contributed by atoms with Gasteiger partial charge in [-0.25, -0.2) is 9.97 Å². The van der Waals surface area contributed by atoms with E-state index in [4.69, 9.17) is 0 Å². The van der Waals surface area contributed by atoms with Gasteiger partial charge in [0, 0.05) is 25.0 Å². The number of hydrogen-bond donors (Lipinski definition) is 0. The first-order valence-corrected chi connectivity index (χ1v) is 12.1. The predicted octanol–water partition coefficient (Wildman–Crippen LogP) is 7.62. The highest BCUT2D eigenvalue weighted by molar-refractivity contribution is 5.94. The number of fused-ring (bicyclic) bond motifs is 1. The van der Waals surface area contributed by atoms with Crippen LogP contribution in [0.3, 0.4) is 0 Å². The van der Waals surface area contributed by atoms with Gasteiger partial charge in [0.1, 0.15) is 17.4 Å². The zero-order chi connectivity index (χ0) is 26.9. The van der Waals surface area contributed by atoms with Crippen LogP contribution in [0.25, 0.3) is 10.9 Å². The molecule has 0 spiro atoms. The van der Waals surface area contributed by atoms with E-state index in [-0.39, 0.29) is 17.1 Å². The molecule has 0 saturated heterocycles. The lowest BCUT2D eigenvalue weighted by atomic mass is 9.84. The molecule has 0 atom stereocenters.